The van der Waals surface area contributed by atoms with Gasteiger partial charge in [0.1, 0.15) is 17.3 Å². The molecule has 21 heavy (non-hydrogen) atoms. The number of fused-ring (bicyclic) bond motifs is 1. The molecule has 0 bridgehead atoms. The fraction of sp³-hybridized carbons (Fsp3) is 0.111. The van der Waals surface area contributed by atoms with Crippen molar-refractivity contribution in [2.24, 2.45) is 0 Å². The van der Waals surface area contributed by atoms with E-state index in [2.05, 4.69) is 0 Å². The van der Waals surface area contributed by atoms with Crippen molar-refractivity contribution in [2.75, 3.05) is 0 Å². The first kappa shape index (κ1) is 13.6. The number of ether oxygens (including phenoxy) is 1. The molecular formula is C18H15FO2. The lowest BCUT2D eigenvalue weighted by molar-refractivity contribution is 0.195. The number of aliphatic hydroxyl groups excluding tert-OH is 1. The van der Waals surface area contributed by atoms with E-state index in [0.717, 1.165) is 10.8 Å². The molecule has 0 heterocycles. The standard InChI is InChI=1S/C18H15FO2/c1-12(20)16-11-14(19)9-10-18(16)21-17-8-4-6-13-5-2-3-7-15(13)17/h2-12,20H,1H3. The first-order valence-electron chi connectivity index (χ1n) is 6.78. The Morgan fingerprint density at radius 3 is 2.52 bits per heavy atom. The minimum atomic E-state index is -0.800. The molecule has 0 aromatic heterocycles. The Morgan fingerprint density at radius 1 is 0.952 bits per heavy atom. The molecule has 0 amide bonds. The SMILES string of the molecule is CC(O)c1cc(F)ccc1Oc1cccc2ccccc12. The van der Waals surface area contributed by atoms with Crippen molar-refractivity contribution in [3.63, 3.8) is 0 Å². The third kappa shape index (κ3) is 2.73. The summed E-state index contributed by atoms with van der Waals surface area (Å²) in [6.07, 6.45) is -0.800. The lowest BCUT2D eigenvalue weighted by atomic mass is 10.1. The van der Waals surface area contributed by atoms with Gasteiger partial charge in [0.15, 0.2) is 0 Å². The van der Waals surface area contributed by atoms with Crippen LogP contribution in [-0.2, 0) is 0 Å². The van der Waals surface area contributed by atoms with Crippen LogP contribution in [0.25, 0.3) is 10.8 Å². The number of hydrogen-bond acceptors (Lipinski definition) is 2. The zero-order valence-corrected chi connectivity index (χ0v) is 11.6. The highest BCUT2D eigenvalue weighted by Gasteiger charge is 2.12. The number of aliphatic hydroxyl groups is 1. The van der Waals surface area contributed by atoms with Crippen LogP contribution < -0.4 is 4.74 Å². The smallest absolute Gasteiger partial charge is 0.135 e. The van der Waals surface area contributed by atoms with Crippen molar-refractivity contribution in [3.8, 4) is 11.5 Å². The van der Waals surface area contributed by atoms with E-state index in [1.165, 1.54) is 12.1 Å². The minimum absolute atomic E-state index is 0.392. The zero-order chi connectivity index (χ0) is 14.8. The lowest BCUT2D eigenvalue weighted by Gasteiger charge is -2.14. The van der Waals surface area contributed by atoms with Gasteiger partial charge in [0.2, 0.25) is 0 Å². The quantitative estimate of drug-likeness (QED) is 0.746. The van der Waals surface area contributed by atoms with E-state index in [-0.39, 0.29) is 0 Å². The largest absolute Gasteiger partial charge is 0.456 e. The molecule has 3 heteroatoms. The van der Waals surface area contributed by atoms with Crippen LogP contribution in [0.3, 0.4) is 0 Å². The van der Waals surface area contributed by atoms with Gasteiger partial charge in [-0.15, -0.1) is 0 Å². The predicted molar refractivity (Wildman–Crippen MR) is 81.1 cm³/mol. The molecule has 0 aliphatic rings. The zero-order valence-electron chi connectivity index (χ0n) is 11.6. The fourth-order valence-electron chi connectivity index (χ4n) is 2.34. The van der Waals surface area contributed by atoms with Crippen LogP contribution in [0.1, 0.15) is 18.6 Å². The summed E-state index contributed by atoms with van der Waals surface area (Å²) in [6, 6.07) is 17.8. The van der Waals surface area contributed by atoms with Gasteiger partial charge in [0, 0.05) is 10.9 Å². The van der Waals surface area contributed by atoms with Crippen molar-refractivity contribution in [3.05, 3.63) is 72.0 Å². The summed E-state index contributed by atoms with van der Waals surface area (Å²) in [7, 11) is 0. The fourth-order valence-corrected chi connectivity index (χ4v) is 2.34. The van der Waals surface area contributed by atoms with E-state index in [0.29, 0.717) is 17.1 Å². The van der Waals surface area contributed by atoms with Gasteiger partial charge in [-0.2, -0.15) is 0 Å². The molecular weight excluding hydrogens is 267 g/mol. The number of hydrogen-bond donors (Lipinski definition) is 1. The molecule has 0 fully saturated rings. The first-order valence-corrected chi connectivity index (χ1v) is 6.78. The van der Waals surface area contributed by atoms with E-state index in [9.17, 15) is 9.50 Å². The molecule has 3 aromatic rings. The predicted octanol–water partition coefficient (Wildman–Crippen LogP) is 4.82. The molecule has 3 aromatic carbocycles. The Morgan fingerprint density at radius 2 is 1.71 bits per heavy atom. The van der Waals surface area contributed by atoms with Gasteiger partial charge in [0.05, 0.1) is 6.10 Å². The molecule has 0 spiro atoms. The van der Waals surface area contributed by atoms with Gasteiger partial charge < -0.3 is 9.84 Å². The van der Waals surface area contributed by atoms with Gasteiger partial charge >= 0.3 is 0 Å². The van der Waals surface area contributed by atoms with Crippen LogP contribution >= 0.6 is 0 Å². The molecule has 0 aliphatic carbocycles. The molecule has 1 unspecified atom stereocenters. The van der Waals surface area contributed by atoms with Crippen LogP contribution in [0.2, 0.25) is 0 Å². The van der Waals surface area contributed by atoms with Crippen LogP contribution in [0.5, 0.6) is 11.5 Å². The normalized spacial score (nSPS) is 12.3. The second-order valence-corrected chi connectivity index (χ2v) is 4.94. The number of benzene rings is 3. The van der Waals surface area contributed by atoms with Gasteiger partial charge in [-0.3, -0.25) is 0 Å². The minimum Gasteiger partial charge on any atom is -0.456 e. The molecule has 2 nitrogen and oxygen atoms in total. The Hall–Kier alpha value is -2.39. The number of halogens is 1. The maximum Gasteiger partial charge on any atom is 0.135 e. The van der Waals surface area contributed by atoms with Crippen molar-refractivity contribution >= 4 is 10.8 Å². The Bertz CT molecular complexity index is 776. The second kappa shape index (κ2) is 5.54. The van der Waals surface area contributed by atoms with E-state index in [1.54, 1.807) is 13.0 Å². The van der Waals surface area contributed by atoms with Crippen molar-refractivity contribution in [1.82, 2.24) is 0 Å². The van der Waals surface area contributed by atoms with Crippen molar-refractivity contribution in [2.45, 2.75) is 13.0 Å². The molecule has 3 rings (SSSR count). The number of rotatable bonds is 3. The summed E-state index contributed by atoms with van der Waals surface area (Å²) < 4.78 is 19.2. The lowest BCUT2D eigenvalue weighted by Crippen LogP contribution is -1.97. The van der Waals surface area contributed by atoms with E-state index >= 15 is 0 Å². The maximum atomic E-state index is 13.3. The summed E-state index contributed by atoms with van der Waals surface area (Å²) in [5, 5.41) is 11.8. The Labute approximate surface area is 122 Å². The van der Waals surface area contributed by atoms with Gasteiger partial charge in [-0.25, -0.2) is 4.39 Å². The van der Waals surface area contributed by atoms with E-state index in [4.69, 9.17) is 4.74 Å². The third-order valence-corrected chi connectivity index (χ3v) is 3.39. The topological polar surface area (TPSA) is 29.5 Å². The molecule has 0 saturated heterocycles. The Balaban J connectivity index is 2.07. The summed E-state index contributed by atoms with van der Waals surface area (Å²) in [5.41, 5.74) is 0.433. The van der Waals surface area contributed by atoms with Crippen LogP contribution in [0.4, 0.5) is 4.39 Å². The maximum absolute atomic E-state index is 13.3. The monoisotopic (exact) mass is 282 g/mol. The molecule has 0 saturated carbocycles. The van der Waals surface area contributed by atoms with Gasteiger partial charge in [-0.05, 0) is 36.6 Å². The van der Waals surface area contributed by atoms with E-state index in [1.807, 2.05) is 42.5 Å². The molecule has 0 radical (unpaired) electrons. The average Bonchev–Trinajstić information content (AvgIpc) is 2.49. The molecule has 1 atom stereocenters. The van der Waals surface area contributed by atoms with Crippen LogP contribution in [0, 0.1) is 5.82 Å². The van der Waals surface area contributed by atoms with Crippen molar-refractivity contribution < 1.29 is 14.2 Å². The summed E-state index contributed by atoms with van der Waals surface area (Å²) in [4.78, 5) is 0. The highest BCUT2D eigenvalue weighted by atomic mass is 19.1. The summed E-state index contributed by atoms with van der Waals surface area (Å²) in [5.74, 6) is 0.750. The van der Waals surface area contributed by atoms with Crippen molar-refractivity contribution in [1.29, 1.82) is 0 Å². The molecule has 0 aliphatic heterocycles. The summed E-state index contributed by atoms with van der Waals surface area (Å²) >= 11 is 0. The molecule has 106 valence electrons. The van der Waals surface area contributed by atoms with Crippen LogP contribution in [0.15, 0.2) is 60.7 Å². The highest BCUT2D eigenvalue weighted by molar-refractivity contribution is 5.88. The summed E-state index contributed by atoms with van der Waals surface area (Å²) in [6.45, 7) is 1.59. The first-order chi connectivity index (χ1) is 10.1. The highest BCUT2D eigenvalue weighted by Crippen LogP contribution is 2.34. The van der Waals surface area contributed by atoms with Gasteiger partial charge in [-0.1, -0.05) is 36.4 Å². The second-order valence-electron chi connectivity index (χ2n) is 4.94. The average molecular weight is 282 g/mol. The van der Waals surface area contributed by atoms with Gasteiger partial charge in [0.25, 0.3) is 0 Å². The Kier molecular flexibility index (Phi) is 3.59. The third-order valence-electron chi connectivity index (χ3n) is 3.39. The van der Waals surface area contributed by atoms with Crippen LogP contribution in [-0.4, -0.2) is 5.11 Å². The van der Waals surface area contributed by atoms with E-state index < -0.39 is 11.9 Å². The molecule has 1 N–H and O–H groups in total.